The molecule has 0 aliphatic carbocycles. The van der Waals surface area contributed by atoms with Crippen molar-refractivity contribution in [2.45, 2.75) is 5.66 Å². The molecule has 4 nitrogen and oxygen atoms in total. The highest BCUT2D eigenvalue weighted by atomic mass is 19.1. The van der Waals surface area contributed by atoms with Crippen LogP contribution in [0.15, 0.2) is 0 Å². The second-order valence-corrected chi connectivity index (χ2v) is 1.48. The lowest BCUT2D eigenvalue weighted by Gasteiger charge is -2.12. The summed E-state index contributed by atoms with van der Waals surface area (Å²) >= 11 is 0. The SMILES string of the molecule is NC(N)(CF)C(=O)O. The van der Waals surface area contributed by atoms with Gasteiger partial charge < -0.3 is 16.6 Å². The van der Waals surface area contributed by atoms with Gasteiger partial charge in [-0.25, -0.2) is 9.18 Å². The van der Waals surface area contributed by atoms with E-state index in [0.717, 1.165) is 0 Å². The smallest absolute Gasteiger partial charge is 0.341 e. The molecule has 0 aromatic carbocycles. The van der Waals surface area contributed by atoms with Gasteiger partial charge in [-0.2, -0.15) is 0 Å². The maximum absolute atomic E-state index is 11.4. The van der Waals surface area contributed by atoms with Crippen LogP contribution < -0.4 is 11.5 Å². The van der Waals surface area contributed by atoms with Crippen LogP contribution in [0.2, 0.25) is 0 Å². The summed E-state index contributed by atoms with van der Waals surface area (Å²) in [5.41, 5.74) is 7.12. The molecule has 5 N–H and O–H groups in total. The van der Waals surface area contributed by atoms with Crippen LogP contribution in [0.5, 0.6) is 0 Å². The third-order valence-corrected chi connectivity index (χ3v) is 0.619. The van der Waals surface area contributed by atoms with E-state index >= 15 is 0 Å². The fourth-order valence-electron chi connectivity index (χ4n) is 0.0572. The molecule has 0 amide bonds. The average Bonchev–Trinajstić information content (AvgIpc) is 1.67. The summed E-state index contributed by atoms with van der Waals surface area (Å²) in [4.78, 5) is 9.76. The zero-order valence-electron chi connectivity index (χ0n) is 4.10. The Bertz CT molecular complexity index is 103. The molecule has 0 heterocycles. The summed E-state index contributed by atoms with van der Waals surface area (Å²) in [6.45, 7) is -1.26. The fourth-order valence-corrected chi connectivity index (χ4v) is 0.0572. The quantitative estimate of drug-likeness (QED) is 0.395. The van der Waals surface area contributed by atoms with Crippen LogP contribution in [-0.4, -0.2) is 23.4 Å². The van der Waals surface area contributed by atoms with Gasteiger partial charge in [-0.15, -0.1) is 0 Å². The number of carboxylic acids is 1. The lowest BCUT2D eigenvalue weighted by Crippen LogP contribution is -2.58. The number of rotatable bonds is 2. The monoisotopic (exact) mass is 122 g/mol. The molecule has 0 aliphatic heterocycles. The predicted molar refractivity (Wildman–Crippen MR) is 24.7 cm³/mol. The summed E-state index contributed by atoms with van der Waals surface area (Å²) in [6.07, 6.45) is 0. The van der Waals surface area contributed by atoms with Gasteiger partial charge in [0.15, 0.2) is 5.66 Å². The van der Waals surface area contributed by atoms with Gasteiger partial charge in [0.05, 0.1) is 0 Å². The number of carbonyl (C=O) groups is 1. The van der Waals surface area contributed by atoms with Gasteiger partial charge in [0.25, 0.3) is 0 Å². The highest BCUT2D eigenvalue weighted by molar-refractivity contribution is 5.77. The van der Waals surface area contributed by atoms with Gasteiger partial charge in [0.1, 0.15) is 6.67 Å². The minimum atomic E-state index is -2.21. The van der Waals surface area contributed by atoms with Gasteiger partial charge in [0.2, 0.25) is 0 Å². The van der Waals surface area contributed by atoms with E-state index in [-0.39, 0.29) is 0 Å². The van der Waals surface area contributed by atoms with Gasteiger partial charge >= 0.3 is 5.97 Å². The fraction of sp³-hybridized carbons (Fsp3) is 0.667. The zero-order chi connectivity index (χ0) is 6.78. The topological polar surface area (TPSA) is 89.3 Å². The largest absolute Gasteiger partial charge is 0.479 e. The Morgan fingerprint density at radius 1 is 1.75 bits per heavy atom. The first-order valence-electron chi connectivity index (χ1n) is 1.88. The molecular weight excluding hydrogens is 115 g/mol. The Labute approximate surface area is 45.3 Å². The molecule has 0 bridgehead atoms. The molecule has 0 unspecified atom stereocenters. The molecule has 0 aliphatic rings. The lowest BCUT2D eigenvalue weighted by molar-refractivity contribution is -0.143. The van der Waals surface area contributed by atoms with Crippen molar-refractivity contribution in [3.05, 3.63) is 0 Å². The van der Waals surface area contributed by atoms with Crippen molar-refractivity contribution in [3.63, 3.8) is 0 Å². The number of nitrogens with two attached hydrogens (primary N) is 2. The molecule has 0 aromatic heterocycles. The van der Waals surface area contributed by atoms with Crippen molar-refractivity contribution in [2.75, 3.05) is 6.67 Å². The summed E-state index contributed by atoms with van der Waals surface area (Å²) in [7, 11) is 0. The molecule has 0 spiro atoms. The predicted octanol–water partition coefficient (Wildman–Crippen LogP) is -1.35. The third kappa shape index (κ3) is 1.43. The van der Waals surface area contributed by atoms with Crippen LogP contribution in [-0.2, 0) is 4.79 Å². The summed E-state index contributed by atoms with van der Waals surface area (Å²) in [5.74, 6) is -1.54. The molecule has 0 aromatic rings. The van der Waals surface area contributed by atoms with Crippen molar-refractivity contribution < 1.29 is 14.3 Å². The second kappa shape index (κ2) is 2.06. The number of alkyl halides is 1. The van der Waals surface area contributed by atoms with E-state index in [2.05, 4.69) is 11.5 Å². The standard InChI is InChI=1S/C3H7FN2O2/c4-1-3(5,6)2(7)8/h1,5-6H2,(H,7,8). The molecular formula is C3H7FN2O2. The van der Waals surface area contributed by atoms with Crippen molar-refractivity contribution in [1.29, 1.82) is 0 Å². The van der Waals surface area contributed by atoms with Crippen molar-refractivity contribution >= 4 is 5.97 Å². The number of hydrogen-bond donors (Lipinski definition) is 3. The maximum atomic E-state index is 11.4. The van der Waals surface area contributed by atoms with Crippen LogP contribution in [0.1, 0.15) is 0 Å². The average molecular weight is 122 g/mol. The molecule has 0 saturated heterocycles. The Hall–Kier alpha value is -0.680. The Morgan fingerprint density at radius 3 is 2.12 bits per heavy atom. The van der Waals surface area contributed by atoms with E-state index < -0.39 is 18.3 Å². The van der Waals surface area contributed by atoms with E-state index in [9.17, 15) is 9.18 Å². The molecule has 0 radical (unpaired) electrons. The van der Waals surface area contributed by atoms with Gasteiger partial charge in [-0.3, -0.25) is 0 Å². The number of carboxylic acid groups (broad SMARTS) is 1. The first-order valence-corrected chi connectivity index (χ1v) is 1.88. The summed E-state index contributed by atoms with van der Waals surface area (Å²) < 4.78 is 11.4. The van der Waals surface area contributed by atoms with E-state index in [1.54, 1.807) is 0 Å². The molecule has 0 saturated carbocycles. The van der Waals surface area contributed by atoms with Crippen LogP contribution in [0.25, 0.3) is 0 Å². The first-order chi connectivity index (χ1) is 3.50. The summed E-state index contributed by atoms with van der Waals surface area (Å²) in [5, 5.41) is 7.95. The molecule has 8 heavy (non-hydrogen) atoms. The van der Waals surface area contributed by atoms with Gasteiger partial charge in [-0.05, 0) is 0 Å². The molecule has 5 heteroatoms. The number of aliphatic carboxylic acids is 1. The number of hydrogen-bond acceptors (Lipinski definition) is 3. The second-order valence-electron chi connectivity index (χ2n) is 1.48. The maximum Gasteiger partial charge on any atom is 0.341 e. The first kappa shape index (κ1) is 7.32. The van der Waals surface area contributed by atoms with Gasteiger partial charge in [0, 0.05) is 0 Å². The van der Waals surface area contributed by atoms with Crippen molar-refractivity contribution in [3.8, 4) is 0 Å². The van der Waals surface area contributed by atoms with E-state index in [4.69, 9.17) is 5.11 Å². The van der Waals surface area contributed by atoms with Crippen LogP contribution >= 0.6 is 0 Å². The minimum Gasteiger partial charge on any atom is -0.479 e. The Morgan fingerprint density at radius 2 is 2.12 bits per heavy atom. The van der Waals surface area contributed by atoms with Crippen molar-refractivity contribution in [2.24, 2.45) is 11.5 Å². The van der Waals surface area contributed by atoms with E-state index in [1.165, 1.54) is 0 Å². The zero-order valence-corrected chi connectivity index (χ0v) is 4.10. The third-order valence-electron chi connectivity index (χ3n) is 0.619. The highest BCUT2D eigenvalue weighted by Crippen LogP contribution is 1.89. The van der Waals surface area contributed by atoms with E-state index in [1.807, 2.05) is 0 Å². The van der Waals surface area contributed by atoms with Gasteiger partial charge in [-0.1, -0.05) is 0 Å². The Kier molecular flexibility index (Phi) is 1.88. The molecule has 48 valence electrons. The van der Waals surface area contributed by atoms with E-state index in [0.29, 0.717) is 0 Å². The van der Waals surface area contributed by atoms with Crippen molar-refractivity contribution in [1.82, 2.24) is 0 Å². The minimum absolute atomic E-state index is 1.26. The van der Waals surface area contributed by atoms with Crippen LogP contribution in [0, 0.1) is 0 Å². The lowest BCUT2D eigenvalue weighted by atomic mass is 10.2. The molecule has 0 rings (SSSR count). The Balaban J connectivity index is 3.91. The normalized spacial score (nSPS) is 11.4. The summed E-state index contributed by atoms with van der Waals surface area (Å²) in [6, 6.07) is 0. The molecule has 0 fully saturated rings. The molecule has 0 atom stereocenters. The van der Waals surface area contributed by atoms with Crippen LogP contribution in [0.4, 0.5) is 4.39 Å². The number of halogens is 1. The van der Waals surface area contributed by atoms with Crippen LogP contribution in [0.3, 0.4) is 0 Å². The highest BCUT2D eigenvalue weighted by Gasteiger charge is 2.28.